The summed E-state index contributed by atoms with van der Waals surface area (Å²) in [7, 11) is 0. The van der Waals surface area contributed by atoms with E-state index in [1.54, 1.807) is 23.6 Å². The second-order valence-electron chi connectivity index (χ2n) is 9.46. The lowest BCUT2D eigenvalue weighted by atomic mass is 9.72. The third-order valence-corrected chi connectivity index (χ3v) is 7.79. The van der Waals surface area contributed by atoms with Crippen LogP contribution in [0.25, 0.3) is 0 Å². The summed E-state index contributed by atoms with van der Waals surface area (Å²) in [5, 5.41) is 11.9. The zero-order chi connectivity index (χ0) is 23.6. The highest BCUT2D eigenvalue weighted by Crippen LogP contribution is 2.45. The molecule has 0 unspecified atom stereocenters. The maximum Gasteiger partial charge on any atom is 0.134 e. The van der Waals surface area contributed by atoms with Crippen LogP contribution in [0.2, 0.25) is 10.0 Å². The smallest absolute Gasteiger partial charge is 0.134 e. The van der Waals surface area contributed by atoms with Crippen LogP contribution in [0.1, 0.15) is 54.3 Å². The van der Waals surface area contributed by atoms with Crippen LogP contribution in [0, 0.1) is 22.7 Å². The fourth-order valence-corrected chi connectivity index (χ4v) is 5.80. The Morgan fingerprint density at radius 3 is 2.70 bits per heavy atom. The maximum absolute atomic E-state index is 9.84. The molecule has 1 heterocycles. The second kappa shape index (κ2) is 9.89. The molecule has 3 nitrogen and oxygen atoms in total. The molecule has 1 aliphatic carbocycles. The highest BCUT2D eigenvalue weighted by Gasteiger charge is 2.32. The number of nitriles is 1. The van der Waals surface area contributed by atoms with Crippen LogP contribution in [-0.4, -0.2) is 6.21 Å². The number of halogens is 2. The molecular weight excluding hydrogens is 471 g/mol. The van der Waals surface area contributed by atoms with E-state index in [0.717, 1.165) is 35.4 Å². The Labute approximate surface area is 209 Å². The fourth-order valence-electron chi connectivity index (χ4n) is 4.18. The molecule has 3 aromatic rings. The predicted molar refractivity (Wildman–Crippen MR) is 138 cm³/mol. The molecule has 0 fully saturated rings. The van der Waals surface area contributed by atoms with E-state index in [9.17, 15) is 5.26 Å². The minimum atomic E-state index is 0.258. The van der Waals surface area contributed by atoms with Crippen molar-refractivity contribution in [3.63, 3.8) is 0 Å². The molecule has 0 radical (unpaired) electrons. The van der Waals surface area contributed by atoms with Crippen molar-refractivity contribution in [2.75, 3.05) is 0 Å². The van der Waals surface area contributed by atoms with E-state index in [0.29, 0.717) is 33.9 Å². The first-order valence-electron chi connectivity index (χ1n) is 11.0. The first-order valence-corrected chi connectivity index (χ1v) is 12.6. The molecule has 1 atom stereocenters. The molecule has 0 N–H and O–H groups in total. The van der Waals surface area contributed by atoms with Gasteiger partial charge in [0.25, 0.3) is 0 Å². The van der Waals surface area contributed by atoms with Crippen LogP contribution in [0.15, 0.2) is 47.5 Å². The molecule has 1 aromatic heterocycles. The topological polar surface area (TPSA) is 45.4 Å². The Hall–Kier alpha value is -2.32. The fraction of sp³-hybridized carbons (Fsp3) is 0.333. The van der Waals surface area contributed by atoms with Crippen molar-refractivity contribution in [1.29, 1.82) is 5.26 Å². The summed E-state index contributed by atoms with van der Waals surface area (Å²) in [6.45, 7) is 7.27. The summed E-state index contributed by atoms with van der Waals surface area (Å²) in [6, 6.07) is 15.4. The molecule has 33 heavy (non-hydrogen) atoms. The van der Waals surface area contributed by atoms with Gasteiger partial charge in [-0.2, -0.15) is 5.26 Å². The molecule has 4 rings (SSSR count). The van der Waals surface area contributed by atoms with Gasteiger partial charge in [0.05, 0.1) is 5.56 Å². The van der Waals surface area contributed by atoms with Crippen LogP contribution in [-0.2, 0) is 19.4 Å². The second-order valence-corrected chi connectivity index (χ2v) is 11.4. The third kappa shape index (κ3) is 5.61. The molecule has 170 valence electrons. The molecule has 0 aliphatic heterocycles. The number of ether oxygens (including phenoxy) is 1. The Bertz CT molecular complexity index is 1230. The van der Waals surface area contributed by atoms with E-state index in [-0.39, 0.29) is 5.41 Å². The van der Waals surface area contributed by atoms with Gasteiger partial charge in [0, 0.05) is 26.7 Å². The summed E-state index contributed by atoms with van der Waals surface area (Å²) in [5.41, 5.74) is 3.90. The normalized spacial score (nSPS) is 15.9. The summed E-state index contributed by atoms with van der Waals surface area (Å²) in [5.74, 6) is 1.29. The minimum Gasteiger partial charge on any atom is -0.488 e. The molecule has 2 aromatic carbocycles. The zero-order valence-electron chi connectivity index (χ0n) is 19.0. The highest BCUT2D eigenvalue weighted by atomic mass is 35.5. The first kappa shape index (κ1) is 23.8. The third-order valence-electron chi connectivity index (χ3n) is 6.16. The van der Waals surface area contributed by atoms with Crippen molar-refractivity contribution < 1.29 is 4.74 Å². The molecule has 0 spiro atoms. The van der Waals surface area contributed by atoms with Gasteiger partial charge in [-0.25, -0.2) is 4.99 Å². The van der Waals surface area contributed by atoms with Crippen LogP contribution in [0.3, 0.4) is 0 Å². The number of nitrogens with zero attached hydrogens (tertiary/aromatic N) is 2. The Balaban J connectivity index is 1.59. The number of benzene rings is 2. The van der Waals surface area contributed by atoms with Gasteiger partial charge >= 0.3 is 0 Å². The number of fused-ring (bicyclic) bond motifs is 1. The molecule has 6 heteroatoms. The van der Waals surface area contributed by atoms with Gasteiger partial charge in [0.2, 0.25) is 0 Å². The molecular formula is C27H26Cl2N2OS. The van der Waals surface area contributed by atoms with Crippen LogP contribution < -0.4 is 4.74 Å². The van der Waals surface area contributed by atoms with E-state index in [2.05, 4.69) is 26.8 Å². The van der Waals surface area contributed by atoms with Crippen molar-refractivity contribution in [2.45, 2.75) is 46.6 Å². The monoisotopic (exact) mass is 496 g/mol. The number of hydrogen-bond donors (Lipinski definition) is 0. The van der Waals surface area contributed by atoms with E-state index in [1.165, 1.54) is 10.4 Å². The van der Waals surface area contributed by atoms with Crippen LogP contribution in [0.5, 0.6) is 5.75 Å². The van der Waals surface area contributed by atoms with Crippen molar-refractivity contribution in [3.8, 4) is 11.8 Å². The summed E-state index contributed by atoms with van der Waals surface area (Å²) < 4.78 is 6.04. The van der Waals surface area contributed by atoms with Gasteiger partial charge in [-0.05, 0) is 72.1 Å². The molecule has 0 saturated heterocycles. The quantitative estimate of drug-likeness (QED) is 0.332. The SMILES string of the molecule is CC(C)(C)[C@H]1CCc2c(sc(N=Cc3cc(Cl)ccc3OCc3cccc(Cl)c3)c2C#N)C1. The summed E-state index contributed by atoms with van der Waals surface area (Å²) in [4.78, 5) is 6.02. The lowest BCUT2D eigenvalue weighted by Crippen LogP contribution is -2.26. The van der Waals surface area contributed by atoms with Gasteiger partial charge in [-0.3, -0.25) is 0 Å². The van der Waals surface area contributed by atoms with Crippen molar-refractivity contribution in [1.82, 2.24) is 0 Å². The lowest BCUT2D eigenvalue weighted by Gasteiger charge is -2.33. The molecule has 0 saturated carbocycles. The summed E-state index contributed by atoms with van der Waals surface area (Å²) in [6.07, 6.45) is 4.82. The van der Waals surface area contributed by atoms with E-state index in [1.807, 2.05) is 36.4 Å². The first-order chi connectivity index (χ1) is 15.7. The number of rotatable bonds is 5. The van der Waals surface area contributed by atoms with Crippen molar-refractivity contribution >= 4 is 45.8 Å². The predicted octanol–water partition coefficient (Wildman–Crippen LogP) is 8.41. The van der Waals surface area contributed by atoms with Gasteiger partial charge in [0.15, 0.2) is 0 Å². The van der Waals surface area contributed by atoms with E-state index < -0.39 is 0 Å². The van der Waals surface area contributed by atoms with Gasteiger partial charge in [0.1, 0.15) is 23.4 Å². The van der Waals surface area contributed by atoms with Gasteiger partial charge in [-0.15, -0.1) is 11.3 Å². The average Bonchev–Trinajstić information content (AvgIpc) is 3.13. The molecule has 0 amide bonds. The Morgan fingerprint density at radius 2 is 1.97 bits per heavy atom. The zero-order valence-corrected chi connectivity index (χ0v) is 21.3. The van der Waals surface area contributed by atoms with E-state index in [4.69, 9.17) is 32.9 Å². The maximum atomic E-state index is 9.84. The standard InChI is InChI=1S/C27H26Cl2N2OS/c1-27(2,3)19-7-9-22-23(14-30)26(33-25(22)13-19)31-15-18-12-21(29)8-10-24(18)32-16-17-5-4-6-20(28)11-17/h4-6,8,10-12,15,19H,7,9,13,16H2,1-3H3/t19-/m0/s1. The number of thiophene rings is 1. The molecule has 1 aliphatic rings. The van der Waals surface area contributed by atoms with Crippen molar-refractivity contribution in [2.24, 2.45) is 16.3 Å². The molecule has 0 bridgehead atoms. The number of hydrogen-bond acceptors (Lipinski definition) is 4. The minimum absolute atomic E-state index is 0.258. The van der Waals surface area contributed by atoms with Crippen molar-refractivity contribution in [3.05, 3.63) is 79.6 Å². The van der Waals surface area contributed by atoms with Gasteiger partial charge in [-0.1, -0.05) is 56.1 Å². The Kier molecular flexibility index (Phi) is 7.14. The summed E-state index contributed by atoms with van der Waals surface area (Å²) >= 11 is 14.0. The average molecular weight is 497 g/mol. The largest absolute Gasteiger partial charge is 0.488 e. The van der Waals surface area contributed by atoms with Crippen LogP contribution >= 0.6 is 34.5 Å². The lowest BCUT2D eigenvalue weighted by molar-refractivity contribution is 0.218. The van der Waals surface area contributed by atoms with Gasteiger partial charge < -0.3 is 4.74 Å². The van der Waals surface area contributed by atoms with E-state index >= 15 is 0 Å². The number of aliphatic imine (C=N–C) groups is 1. The van der Waals surface area contributed by atoms with Crippen LogP contribution in [0.4, 0.5) is 5.00 Å². The highest BCUT2D eigenvalue weighted by molar-refractivity contribution is 7.16. The Morgan fingerprint density at radius 1 is 1.18 bits per heavy atom.